The lowest BCUT2D eigenvalue weighted by atomic mass is 9.94. The minimum atomic E-state index is -0.679. The number of carbonyl (C=O) groups excluding carboxylic acids is 3. The number of carbonyl (C=O) groups is 3. The smallest absolute Gasteiger partial charge is 0.255 e. The maximum atomic E-state index is 12.9. The first kappa shape index (κ1) is 21.5. The van der Waals surface area contributed by atoms with E-state index in [4.69, 9.17) is 9.47 Å². The van der Waals surface area contributed by atoms with E-state index in [0.29, 0.717) is 43.0 Å². The summed E-state index contributed by atoms with van der Waals surface area (Å²) < 4.78 is 11.6. The predicted octanol–water partition coefficient (Wildman–Crippen LogP) is 1.97. The van der Waals surface area contributed by atoms with Gasteiger partial charge in [0, 0.05) is 32.0 Å². The lowest BCUT2D eigenvalue weighted by Crippen LogP contribution is -2.49. The van der Waals surface area contributed by atoms with Gasteiger partial charge >= 0.3 is 0 Å². The predicted molar refractivity (Wildman–Crippen MR) is 114 cm³/mol. The van der Waals surface area contributed by atoms with Crippen LogP contribution < -0.4 is 14.8 Å². The van der Waals surface area contributed by atoms with Crippen molar-refractivity contribution in [2.45, 2.75) is 57.1 Å². The average molecular weight is 430 g/mol. The molecule has 31 heavy (non-hydrogen) atoms. The van der Waals surface area contributed by atoms with Gasteiger partial charge in [-0.05, 0) is 50.8 Å². The largest absolute Gasteiger partial charge is 0.497 e. The van der Waals surface area contributed by atoms with Crippen LogP contribution in [0.4, 0.5) is 0 Å². The van der Waals surface area contributed by atoms with Crippen LogP contribution in [-0.4, -0.2) is 72.5 Å². The fraction of sp³-hybridized carbons (Fsp3) is 0.609. The second-order valence-corrected chi connectivity index (χ2v) is 8.83. The Morgan fingerprint density at radius 2 is 2.10 bits per heavy atom. The van der Waals surface area contributed by atoms with E-state index in [2.05, 4.69) is 12.2 Å². The van der Waals surface area contributed by atoms with E-state index in [9.17, 15) is 14.4 Å². The van der Waals surface area contributed by atoms with Gasteiger partial charge in [-0.25, -0.2) is 0 Å². The van der Waals surface area contributed by atoms with Gasteiger partial charge < -0.3 is 24.6 Å². The molecule has 4 rings (SSSR count). The second-order valence-electron chi connectivity index (χ2n) is 8.83. The molecule has 2 saturated heterocycles. The molecular weight excluding hydrogens is 398 g/mol. The van der Waals surface area contributed by atoms with Crippen molar-refractivity contribution >= 4 is 17.7 Å². The molecule has 2 fully saturated rings. The quantitative estimate of drug-likeness (QED) is 0.794. The van der Waals surface area contributed by atoms with Gasteiger partial charge in [0.2, 0.25) is 11.8 Å². The Balaban J connectivity index is 1.47. The van der Waals surface area contributed by atoms with Crippen LogP contribution in [0.2, 0.25) is 0 Å². The average Bonchev–Trinajstić information content (AvgIpc) is 3.01. The summed E-state index contributed by atoms with van der Waals surface area (Å²) in [5, 5.41) is 2.94. The highest BCUT2D eigenvalue weighted by Gasteiger charge is 2.41. The van der Waals surface area contributed by atoms with Gasteiger partial charge in [-0.3, -0.25) is 14.4 Å². The van der Waals surface area contributed by atoms with E-state index in [-0.39, 0.29) is 36.7 Å². The Morgan fingerprint density at radius 1 is 1.26 bits per heavy atom. The SMILES string of the molecule is COc1ccc2c(c1)C(=O)NCC1(CCC(=O)N(CC(=O)N3CCCCC3C)CC1)O2. The molecule has 1 N–H and O–H groups in total. The fourth-order valence-electron chi connectivity index (χ4n) is 4.76. The van der Waals surface area contributed by atoms with Crippen LogP contribution in [0.25, 0.3) is 0 Å². The minimum absolute atomic E-state index is 0.0176. The lowest BCUT2D eigenvalue weighted by Gasteiger charge is -2.35. The van der Waals surface area contributed by atoms with Gasteiger partial charge in [0.1, 0.15) is 17.1 Å². The summed E-state index contributed by atoms with van der Waals surface area (Å²) in [6, 6.07) is 5.39. The number of amides is 3. The first-order valence-electron chi connectivity index (χ1n) is 11.1. The zero-order chi connectivity index (χ0) is 22.0. The third-order valence-electron chi connectivity index (χ3n) is 6.76. The summed E-state index contributed by atoms with van der Waals surface area (Å²) >= 11 is 0. The third kappa shape index (κ3) is 4.48. The van der Waals surface area contributed by atoms with Crippen LogP contribution in [0, 0.1) is 0 Å². The number of nitrogens with zero attached hydrogens (tertiary/aromatic N) is 2. The van der Waals surface area contributed by atoms with E-state index < -0.39 is 5.60 Å². The molecule has 3 aliphatic heterocycles. The fourth-order valence-corrected chi connectivity index (χ4v) is 4.76. The molecule has 2 atom stereocenters. The van der Waals surface area contributed by atoms with Crippen molar-refractivity contribution in [3.8, 4) is 11.5 Å². The molecule has 8 nitrogen and oxygen atoms in total. The van der Waals surface area contributed by atoms with Crippen molar-refractivity contribution in [3.05, 3.63) is 23.8 Å². The summed E-state index contributed by atoms with van der Waals surface area (Å²) in [5.74, 6) is 0.844. The molecule has 3 aliphatic rings. The Morgan fingerprint density at radius 3 is 2.87 bits per heavy atom. The zero-order valence-electron chi connectivity index (χ0n) is 18.3. The molecule has 0 radical (unpaired) electrons. The molecule has 8 heteroatoms. The van der Waals surface area contributed by atoms with Gasteiger partial charge in [0.05, 0.1) is 25.8 Å². The minimum Gasteiger partial charge on any atom is -0.497 e. The molecule has 1 aromatic carbocycles. The topological polar surface area (TPSA) is 88.2 Å². The number of nitrogens with one attached hydrogen (secondary N) is 1. The monoisotopic (exact) mass is 429 g/mol. The molecule has 168 valence electrons. The summed E-state index contributed by atoms with van der Waals surface area (Å²) in [7, 11) is 1.55. The highest BCUT2D eigenvalue weighted by molar-refractivity contribution is 5.97. The van der Waals surface area contributed by atoms with E-state index in [1.165, 1.54) is 0 Å². The van der Waals surface area contributed by atoms with Gasteiger partial charge in [0.15, 0.2) is 0 Å². The number of hydrogen-bond donors (Lipinski definition) is 1. The Labute approximate surface area is 182 Å². The number of fused-ring (bicyclic) bond motifs is 1. The van der Waals surface area contributed by atoms with Crippen molar-refractivity contribution in [1.82, 2.24) is 15.1 Å². The molecule has 1 aromatic rings. The molecule has 3 heterocycles. The van der Waals surface area contributed by atoms with Gasteiger partial charge in [0.25, 0.3) is 5.91 Å². The van der Waals surface area contributed by atoms with Crippen molar-refractivity contribution in [1.29, 1.82) is 0 Å². The number of benzene rings is 1. The summed E-state index contributed by atoms with van der Waals surface area (Å²) in [6.07, 6.45) is 4.50. The Hall–Kier alpha value is -2.77. The van der Waals surface area contributed by atoms with Crippen LogP contribution >= 0.6 is 0 Å². The van der Waals surface area contributed by atoms with Crippen molar-refractivity contribution < 1.29 is 23.9 Å². The van der Waals surface area contributed by atoms with Crippen molar-refractivity contribution in [3.63, 3.8) is 0 Å². The lowest BCUT2D eigenvalue weighted by molar-refractivity contribution is -0.142. The molecular formula is C23H31N3O5. The standard InChI is InChI=1S/C23H31N3O5/c1-16-5-3-4-11-26(16)21(28)14-25-12-10-23(9-8-20(25)27)15-24-22(29)18-13-17(30-2)6-7-19(18)31-23/h6-7,13,16H,3-5,8-12,14-15H2,1-2H3,(H,24,29). The van der Waals surface area contributed by atoms with E-state index in [1.807, 2.05) is 4.90 Å². The first-order valence-corrected chi connectivity index (χ1v) is 11.1. The van der Waals surface area contributed by atoms with Crippen LogP contribution in [-0.2, 0) is 9.59 Å². The van der Waals surface area contributed by atoms with Crippen LogP contribution in [0.3, 0.4) is 0 Å². The summed E-state index contributed by atoms with van der Waals surface area (Å²) in [6.45, 7) is 3.70. The molecule has 0 aromatic heterocycles. The van der Waals surface area contributed by atoms with Crippen molar-refractivity contribution in [2.24, 2.45) is 0 Å². The second kappa shape index (κ2) is 8.77. The van der Waals surface area contributed by atoms with Gasteiger partial charge in [-0.15, -0.1) is 0 Å². The van der Waals surface area contributed by atoms with Gasteiger partial charge in [-0.1, -0.05) is 0 Å². The summed E-state index contributed by atoms with van der Waals surface area (Å²) in [5.41, 5.74) is -0.251. The number of rotatable bonds is 3. The molecule has 0 saturated carbocycles. The third-order valence-corrected chi connectivity index (χ3v) is 6.76. The Kier molecular flexibility index (Phi) is 6.07. The highest BCUT2D eigenvalue weighted by atomic mass is 16.5. The maximum absolute atomic E-state index is 12.9. The number of piperidine rings is 1. The normalized spacial score (nSPS) is 26.5. The zero-order valence-corrected chi connectivity index (χ0v) is 18.3. The molecule has 0 bridgehead atoms. The molecule has 2 unspecified atom stereocenters. The number of ether oxygens (including phenoxy) is 2. The number of hydrogen-bond acceptors (Lipinski definition) is 5. The van der Waals surface area contributed by atoms with E-state index in [0.717, 1.165) is 25.8 Å². The molecule has 1 spiro atoms. The number of methoxy groups -OCH3 is 1. The van der Waals surface area contributed by atoms with Crippen LogP contribution in [0.15, 0.2) is 18.2 Å². The number of likely N-dealkylation sites (tertiary alicyclic amines) is 2. The Bertz CT molecular complexity index is 873. The van der Waals surface area contributed by atoms with Crippen LogP contribution in [0.5, 0.6) is 11.5 Å². The highest BCUT2D eigenvalue weighted by Crippen LogP contribution is 2.35. The van der Waals surface area contributed by atoms with Crippen molar-refractivity contribution in [2.75, 3.05) is 33.3 Å². The van der Waals surface area contributed by atoms with Gasteiger partial charge in [-0.2, -0.15) is 0 Å². The van der Waals surface area contributed by atoms with E-state index >= 15 is 0 Å². The maximum Gasteiger partial charge on any atom is 0.255 e. The van der Waals surface area contributed by atoms with E-state index in [1.54, 1.807) is 30.2 Å². The summed E-state index contributed by atoms with van der Waals surface area (Å²) in [4.78, 5) is 41.8. The van der Waals surface area contributed by atoms with Crippen LogP contribution in [0.1, 0.15) is 55.8 Å². The first-order chi connectivity index (χ1) is 14.9. The molecule has 0 aliphatic carbocycles. The molecule has 3 amide bonds.